The number of benzene rings is 1. The monoisotopic (exact) mass is 282 g/mol. The van der Waals surface area contributed by atoms with E-state index in [1.54, 1.807) is 6.20 Å². The van der Waals surface area contributed by atoms with Crippen molar-refractivity contribution in [3.05, 3.63) is 48.5 Å². The number of amides is 1. The summed E-state index contributed by atoms with van der Waals surface area (Å²) < 4.78 is 4.70. The molecule has 0 unspecified atom stereocenters. The van der Waals surface area contributed by atoms with Crippen LogP contribution in [0.25, 0.3) is 10.8 Å². The van der Waals surface area contributed by atoms with Crippen molar-refractivity contribution >= 4 is 28.2 Å². The zero-order valence-corrected chi connectivity index (χ0v) is 11.5. The van der Waals surface area contributed by atoms with Crippen LogP contribution in [0.4, 0.5) is 11.5 Å². The summed E-state index contributed by atoms with van der Waals surface area (Å²) in [5, 5.41) is 11.2. The third-order valence-electron chi connectivity index (χ3n) is 3.07. The molecule has 106 valence electrons. The normalized spacial score (nSPS) is 10.5. The average Bonchev–Trinajstić information content (AvgIpc) is 3.00. The number of carbonyl (C=O) groups excluding carboxylic acids is 1. The molecular weight excluding hydrogens is 268 g/mol. The maximum Gasteiger partial charge on any atom is 0.257 e. The Labute approximate surface area is 121 Å². The van der Waals surface area contributed by atoms with E-state index in [4.69, 9.17) is 4.52 Å². The fourth-order valence-electron chi connectivity index (χ4n) is 2.15. The van der Waals surface area contributed by atoms with Crippen LogP contribution >= 0.6 is 0 Å². The van der Waals surface area contributed by atoms with E-state index < -0.39 is 0 Å². The van der Waals surface area contributed by atoms with Crippen molar-refractivity contribution in [3.63, 3.8) is 0 Å². The third-order valence-corrected chi connectivity index (χ3v) is 3.07. The maximum absolute atomic E-state index is 12.4. The number of fused-ring (bicyclic) bond motifs is 1. The van der Waals surface area contributed by atoms with Crippen LogP contribution in [0.1, 0.15) is 17.3 Å². The Kier molecular flexibility index (Phi) is 3.51. The maximum atomic E-state index is 12.4. The lowest BCUT2D eigenvalue weighted by Gasteiger charge is -2.10. The Hall–Kier alpha value is -2.89. The van der Waals surface area contributed by atoms with Gasteiger partial charge in [-0.05, 0) is 12.3 Å². The molecule has 0 aliphatic rings. The van der Waals surface area contributed by atoms with Gasteiger partial charge in [-0.3, -0.25) is 4.79 Å². The molecular formula is C15H14N4O2. The molecule has 2 heterocycles. The van der Waals surface area contributed by atoms with Crippen molar-refractivity contribution in [2.24, 2.45) is 0 Å². The SMILES string of the molecule is CCNc1ncc(C(=O)Nc2cnoc2)c2ccccc12. The Morgan fingerprint density at radius 3 is 2.76 bits per heavy atom. The highest BCUT2D eigenvalue weighted by atomic mass is 16.5. The number of carbonyl (C=O) groups is 1. The second kappa shape index (κ2) is 5.62. The Balaban J connectivity index is 2.03. The number of hydrogen-bond acceptors (Lipinski definition) is 5. The minimum Gasteiger partial charge on any atom is -0.370 e. The zero-order valence-electron chi connectivity index (χ0n) is 11.5. The highest BCUT2D eigenvalue weighted by Crippen LogP contribution is 2.25. The minimum absolute atomic E-state index is 0.245. The molecule has 3 aromatic rings. The Morgan fingerprint density at radius 1 is 1.24 bits per heavy atom. The lowest BCUT2D eigenvalue weighted by atomic mass is 10.1. The van der Waals surface area contributed by atoms with Crippen molar-refractivity contribution in [2.45, 2.75) is 6.92 Å². The van der Waals surface area contributed by atoms with Gasteiger partial charge in [-0.25, -0.2) is 4.98 Å². The number of anilines is 2. The van der Waals surface area contributed by atoms with Gasteiger partial charge in [0.2, 0.25) is 0 Å². The summed E-state index contributed by atoms with van der Waals surface area (Å²) in [6, 6.07) is 7.66. The van der Waals surface area contributed by atoms with E-state index in [9.17, 15) is 4.79 Å². The smallest absolute Gasteiger partial charge is 0.257 e. The van der Waals surface area contributed by atoms with E-state index in [2.05, 4.69) is 20.8 Å². The van der Waals surface area contributed by atoms with E-state index in [1.165, 1.54) is 12.5 Å². The minimum atomic E-state index is -0.245. The molecule has 0 saturated carbocycles. The van der Waals surface area contributed by atoms with Gasteiger partial charge in [0, 0.05) is 18.1 Å². The first-order chi connectivity index (χ1) is 10.3. The number of hydrogen-bond donors (Lipinski definition) is 2. The van der Waals surface area contributed by atoms with Gasteiger partial charge in [0.1, 0.15) is 17.8 Å². The van der Waals surface area contributed by atoms with Crippen LogP contribution < -0.4 is 10.6 Å². The van der Waals surface area contributed by atoms with Gasteiger partial charge in [-0.1, -0.05) is 29.4 Å². The molecule has 21 heavy (non-hydrogen) atoms. The van der Waals surface area contributed by atoms with Crippen molar-refractivity contribution < 1.29 is 9.32 Å². The first-order valence-corrected chi connectivity index (χ1v) is 6.62. The number of nitrogens with one attached hydrogen (secondary N) is 2. The summed E-state index contributed by atoms with van der Waals surface area (Å²) in [6.07, 6.45) is 4.39. The van der Waals surface area contributed by atoms with E-state index in [1.807, 2.05) is 31.2 Å². The molecule has 1 amide bonds. The third kappa shape index (κ3) is 2.55. The molecule has 2 N–H and O–H groups in total. The zero-order chi connectivity index (χ0) is 14.7. The standard InChI is InChI=1S/C15H14N4O2/c1-2-16-14-12-6-4-3-5-11(12)13(8-17-14)15(20)19-10-7-18-21-9-10/h3-9H,2H2,1H3,(H,16,17)(H,19,20). The van der Waals surface area contributed by atoms with Gasteiger partial charge < -0.3 is 15.2 Å². The topological polar surface area (TPSA) is 80.0 Å². The summed E-state index contributed by atoms with van der Waals surface area (Å²) in [5.41, 5.74) is 1.02. The van der Waals surface area contributed by atoms with Crippen LogP contribution in [-0.4, -0.2) is 22.6 Å². The van der Waals surface area contributed by atoms with Crippen LogP contribution in [0.2, 0.25) is 0 Å². The van der Waals surface area contributed by atoms with Crippen LogP contribution in [0.15, 0.2) is 47.4 Å². The quantitative estimate of drug-likeness (QED) is 0.769. The van der Waals surface area contributed by atoms with Crippen LogP contribution in [-0.2, 0) is 0 Å². The largest absolute Gasteiger partial charge is 0.370 e. The van der Waals surface area contributed by atoms with Gasteiger partial charge in [-0.2, -0.15) is 0 Å². The Morgan fingerprint density at radius 2 is 2.05 bits per heavy atom. The molecule has 0 radical (unpaired) electrons. The van der Waals surface area contributed by atoms with Gasteiger partial charge in [-0.15, -0.1) is 0 Å². The lowest BCUT2D eigenvalue weighted by molar-refractivity contribution is 0.102. The molecule has 2 aromatic heterocycles. The lowest BCUT2D eigenvalue weighted by Crippen LogP contribution is -2.13. The Bertz CT molecular complexity index is 768. The molecule has 6 nitrogen and oxygen atoms in total. The molecule has 0 atom stereocenters. The molecule has 1 aromatic carbocycles. The number of rotatable bonds is 4. The van der Waals surface area contributed by atoms with Crippen molar-refractivity contribution in [2.75, 3.05) is 17.2 Å². The van der Waals surface area contributed by atoms with E-state index >= 15 is 0 Å². The molecule has 3 rings (SSSR count). The van der Waals surface area contributed by atoms with Gasteiger partial charge in [0.15, 0.2) is 0 Å². The summed E-state index contributed by atoms with van der Waals surface area (Å²) in [4.78, 5) is 16.7. The molecule has 0 aliphatic heterocycles. The molecule has 0 bridgehead atoms. The second-order valence-corrected chi connectivity index (χ2v) is 4.46. The summed E-state index contributed by atoms with van der Waals surface area (Å²) in [5.74, 6) is 0.527. The van der Waals surface area contributed by atoms with Crippen molar-refractivity contribution in [1.29, 1.82) is 0 Å². The first-order valence-electron chi connectivity index (χ1n) is 6.62. The molecule has 0 aliphatic carbocycles. The molecule has 0 fully saturated rings. The number of aromatic nitrogens is 2. The number of nitrogens with zero attached hydrogens (tertiary/aromatic N) is 2. The predicted molar refractivity (Wildman–Crippen MR) is 80.4 cm³/mol. The van der Waals surface area contributed by atoms with E-state index in [0.717, 1.165) is 23.1 Å². The fourth-order valence-corrected chi connectivity index (χ4v) is 2.15. The van der Waals surface area contributed by atoms with Crippen LogP contribution in [0.5, 0.6) is 0 Å². The summed E-state index contributed by atoms with van der Waals surface area (Å²) >= 11 is 0. The van der Waals surface area contributed by atoms with Gasteiger partial charge in [0.05, 0.1) is 11.8 Å². The van der Waals surface area contributed by atoms with Gasteiger partial charge in [0.25, 0.3) is 5.91 Å². The van der Waals surface area contributed by atoms with Gasteiger partial charge >= 0.3 is 0 Å². The second-order valence-electron chi connectivity index (χ2n) is 4.46. The predicted octanol–water partition coefficient (Wildman–Crippen LogP) is 2.91. The summed E-state index contributed by atoms with van der Waals surface area (Å²) in [6.45, 7) is 2.77. The fraction of sp³-hybridized carbons (Fsp3) is 0.133. The highest BCUT2D eigenvalue weighted by molar-refractivity contribution is 6.14. The molecule has 0 saturated heterocycles. The average molecular weight is 282 g/mol. The molecule has 0 spiro atoms. The summed E-state index contributed by atoms with van der Waals surface area (Å²) in [7, 11) is 0. The van der Waals surface area contributed by atoms with E-state index in [-0.39, 0.29) is 5.91 Å². The number of pyridine rings is 1. The molecule has 6 heteroatoms. The van der Waals surface area contributed by atoms with Crippen LogP contribution in [0, 0.1) is 0 Å². The van der Waals surface area contributed by atoms with Crippen LogP contribution in [0.3, 0.4) is 0 Å². The van der Waals surface area contributed by atoms with E-state index in [0.29, 0.717) is 11.3 Å². The first kappa shape index (κ1) is 13.1. The van der Waals surface area contributed by atoms with Crippen molar-refractivity contribution in [3.8, 4) is 0 Å². The highest BCUT2D eigenvalue weighted by Gasteiger charge is 2.14. The van der Waals surface area contributed by atoms with Crippen molar-refractivity contribution in [1.82, 2.24) is 10.1 Å².